The number of hydrogen-bond acceptors (Lipinski definition) is 3. The van der Waals surface area contributed by atoms with Crippen LogP contribution < -0.4 is 15.4 Å². The minimum atomic E-state index is -0.00339. The van der Waals surface area contributed by atoms with Gasteiger partial charge in [0.25, 0.3) is 0 Å². The van der Waals surface area contributed by atoms with E-state index in [1.807, 2.05) is 12.1 Å². The SMILES string of the molecule is CC(=O)NCCNC(C)c1ccc(OCc2cccc(-c3ccccc3)c2C)c(C)c1. The Balaban J connectivity index is 1.63. The average Bonchev–Trinajstić information content (AvgIpc) is 2.77. The van der Waals surface area contributed by atoms with E-state index in [-0.39, 0.29) is 11.9 Å². The van der Waals surface area contributed by atoms with Gasteiger partial charge in [0.2, 0.25) is 5.91 Å². The third-order valence-electron chi connectivity index (χ3n) is 5.56. The second kappa shape index (κ2) is 10.8. The predicted octanol–water partition coefficient (Wildman–Crippen LogP) is 5.34. The van der Waals surface area contributed by atoms with Crippen LogP contribution in [0.25, 0.3) is 11.1 Å². The molecule has 0 saturated heterocycles. The van der Waals surface area contributed by atoms with Crippen molar-refractivity contribution >= 4 is 5.91 Å². The second-order valence-electron chi connectivity index (χ2n) is 7.93. The van der Waals surface area contributed by atoms with Crippen molar-refractivity contribution in [3.8, 4) is 16.9 Å². The van der Waals surface area contributed by atoms with Gasteiger partial charge in [-0.15, -0.1) is 0 Å². The molecule has 3 aromatic rings. The number of ether oxygens (including phenoxy) is 1. The van der Waals surface area contributed by atoms with Crippen molar-refractivity contribution in [1.82, 2.24) is 10.6 Å². The van der Waals surface area contributed by atoms with E-state index >= 15 is 0 Å². The Morgan fingerprint density at radius 2 is 1.74 bits per heavy atom. The van der Waals surface area contributed by atoms with Gasteiger partial charge in [0.15, 0.2) is 0 Å². The fraction of sp³-hybridized carbons (Fsp3) is 0.296. The second-order valence-corrected chi connectivity index (χ2v) is 7.93. The first-order valence-corrected chi connectivity index (χ1v) is 10.8. The van der Waals surface area contributed by atoms with Crippen LogP contribution in [-0.2, 0) is 11.4 Å². The number of aryl methyl sites for hydroxylation is 1. The molecule has 0 bridgehead atoms. The maximum atomic E-state index is 11.0. The van der Waals surface area contributed by atoms with E-state index in [2.05, 4.69) is 86.0 Å². The summed E-state index contributed by atoms with van der Waals surface area (Å²) < 4.78 is 6.19. The van der Waals surface area contributed by atoms with E-state index in [0.717, 1.165) is 17.9 Å². The topological polar surface area (TPSA) is 50.4 Å². The molecule has 1 unspecified atom stereocenters. The van der Waals surface area contributed by atoms with E-state index in [0.29, 0.717) is 13.2 Å². The van der Waals surface area contributed by atoms with Crippen LogP contribution >= 0.6 is 0 Å². The fourth-order valence-electron chi connectivity index (χ4n) is 3.67. The molecule has 31 heavy (non-hydrogen) atoms. The normalized spacial score (nSPS) is 11.7. The number of carbonyl (C=O) groups is 1. The molecule has 0 aromatic heterocycles. The molecular formula is C27H32N2O2. The molecule has 0 saturated carbocycles. The molecule has 0 aliphatic carbocycles. The Kier molecular flexibility index (Phi) is 7.85. The molecule has 0 radical (unpaired) electrons. The van der Waals surface area contributed by atoms with Gasteiger partial charge in [-0.2, -0.15) is 0 Å². The lowest BCUT2D eigenvalue weighted by molar-refractivity contribution is -0.118. The summed E-state index contributed by atoms with van der Waals surface area (Å²) in [5.74, 6) is 0.898. The number of rotatable bonds is 9. The highest BCUT2D eigenvalue weighted by atomic mass is 16.5. The van der Waals surface area contributed by atoms with Gasteiger partial charge < -0.3 is 15.4 Å². The lowest BCUT2D eigenvalue weighted by Gasteiger charge is -2.17. The molecule has 2 N–H and O–H groups in total. The Hall–Kier alpha value is -3.11. The highest BCUT2D eigenvalue weighted by Crippen LogP contribution is 2.28. The average molecular weight is 417 g/mol. The summed E-state index contributed by atoms with van der Waals surface area (Å²) in [6.45, 7) is 9.79. The molecule has 4 heteroatoms. The van der Waals surface area contributed by atoms with Gasteiger partial charge in [-0.05, 0) is 60.2 Å². The van der Waals surface area contributed by atoms with Gasteiger partial charge >= 0.3 is 0 Å². The number of hydrogen-bond donors (Lipinski definition) is 2. The summed E-state index contributed by atoms with van der Waals surface area (Å²) in [6.07, 6.45) is 0. The van der Waals surface area contributed by atoms with Gasteiger partial charge in [-0.1, -0.05) is 60.7 Å². The highest BCUT2D eigenvalue weighted by Gasteiger charge is 2.10. The predicted molar refractivity (Wildman–Crippen MR) is 127 cm³/mol. The van der Waals surface area contributed by atoms with Crippen LogP contribution in [0.15, 0.2) is 66.7 Å². The molecule has 1 atom stereocenters. The number of benzene rings is 3. The number of nitrogens with one attached hydrogen (secondary N) is 2. The standard InChI is InChI=1S/C27H32N2O2/c1-19-17-24(21(3)28-15-16-29-22(4)30)13-14-27(19)31-18-25-11-8-12-26(20(25)2)23-9-6-5-7-10-23/h5-14,17,21,28H,15-16,18H2,1-4H3,(H,29,30). The molecule has 0 aliphatic heterocycles. The van der Waals surface area contributed by atoms with Crippen LogP contribution in [0.3, 0.4) is 0 Å². The Labute approximate surface area is 185 Å². The van der Waals surface area contributed by atoms with Crippen LogP contribution in [0.1, 0.15) is 42.1 Å². The van der Waals surface area contributed by atoms with Crippen LogP contribution in [-0.4, -0.2) is 19.0 Å². The first kappa shape index (κ1) is 22.6. The first-order chi connectivity index (χ1) is 15.0. The molecule has 0 spiro atoms. The summed E-state index contributed by atoms with van der Waals surface area (Å²) in [7, 11) is 0. The Bertz CT molecular complexity index is 1010. The van der Waals surface area contributed by atoms with E-state index in [9.17, 15) is 4.79 Å². The van der Waals surface area contributed by atoms with Crippen LogP contribution in [0.4, 0.5) is 0 Å². The molecular weight excluding hydrogens is 384 g/mol. The highest BCUT2D eigenvalue weighted by molar-refractivity contribution is 5.72. The minimum absolute atomic E-state index is 0.00339. The van der Waals surface area contributed by atoms with Crippen LogP contribution in [0.5, 0.6) is 5.75 Å². The first-order valence-electron chi connectivity index (χ1n) is 10.8. The Morgan fingerprint density at radius 3 is 2.45 bits per heavy atom. The van der Waals surface area contributed by atoms with Crippen molar-refractivity contribution in [3.05, 3.63) is 89.0 Å². The third kappa shape index (κ3) is 6.19. The zero-order valence-corrected chi connectivity index (χ0v) is 18.9. The fourth-order valence-corrected chi connectivity index (χ4v) is 3.67. The van der Waals surface area contributed by atoms with Crippen molar-refractivity contribution in [1.29, 1.82) is 0 Å². The molecule has 162 valence electrons. The van der Waals surface area contributed by atoms with E-state index < -0.39 is 0 Å². The lowest BCUT2D eigenvalue weighted by atomic mass is 9.97. The van der Waals surface area contributed by atoms with Gasteiger partial charge in [0.05, 0.1) is 0 Å². The zero-order valence-electron chi connectivity index (χ0n) is 18.9. The largest absolute Gasteiger partial charge is 0.489 e. The van der Waals surface area contributed by atoms with Gasteiger partial charge in [-0.25, -0.2) is 0 Å². The van der Waals surface area contributed by atoms with Crippen molar-refractivity contribution in [2.75, 3.05) is 13.1 Å². The summed E-state index contributed by atoms with van der Waals surface area (Å²) >= 11 is 0. The molecule has 0 aliphatic rings. The molecule has 0 fully saturated rings. The van der Waals surface area contributed by atoms with Crippen molar-refractivity contribution < 1.29 is 9.53 Å². The summed E-state index contributed by atoms with van der Waals surface area (Å²) in [6, 6.07) is 23.4. The van der Waals surface area contributed by atoms with Gasteiger partial charge in [0.1, 0.15) is 12.4 Å². The van der Waals surface area contributed by atoms with Crippen LogP contribution in [0.2, 0.25) is 0 Å². The third-order valence-corrected chi connectivity index (χ3v) is 5.56. The smallest absolute Gasteiger partial charge is 0.216 e. The molecule has 3 aromatic carbocycles. The molecule has 1 amide bonds. The summed E-state index contributed by atoms with van der Waals surface area (Å²) in [5, 5.41) is 6.24. The van der Waals surface area contributed by atoms with Gasteiger partial charge in [0, 0.05) is 26.1 Å². The van der Waals surface area contributed by atoms with E-state index in [1.54, 1.807) is 0 Å². The molecule has 0 heterocycles. The summed E-state index contributed by atoms with van der Waals surface area (Å²) in [5.41, 5.74) is 7.23. The van der Waals surface area contributed by atoms with Crippen LogP contribution in [0, 0.1) is 13.8 Å². The number of amides is 1. The van der Waals surface area contributed by atoms with Gasteiger partial charge in [-0.3, -0.25) is 4.79 Å². The molecule has 4 nitrogen and oxygen atoms in total. The maximum absolute atomic E-state index is 11.0. The number of carbonyl (C=O) groups excluding carboxylic acids is 1. The van der Waals surface area contributed by atoms with Crippen molar-refractivity contribution in [2.24, 2.45) is 0 Å². The molecule has 3 rings (SSSR count). The van der Waals surface area contributed by atoms with Crippen molar-refractivity contribution in [3.63, 3.8) is 0 Å². The van der Waals surface area contributed by atoms with Crippen molar-refractivity contribution in [2.45, 2.75) is 40.3 Å². The summed E-state index contributed by atoms with van der Waals surface area (Å²) in [4.78, 5) is 11.0. The van der Waals surface area contributed by atoms with E-state index in [1.165, 1.54) is 34.7 Å². The Morgan fingerprint density at radius 1 is 0.968 bits per heavy atom. The quantitative estimate of drug-likeness (QED) is 0.463. The van der Waals surface area contributed by atoms with E-state index in [4.69, 9.17) is 4.74 Å². The monoisotopic (exact) mass is 416 g/mol. The minimum Gasteiger partial charge on any atom is -0.489 e. The maximum Gasteiger partial charge on any atom is 0.216 e. The lowest BCUT2D eigenvalue weighted by Crippen LogP contribution is -2.31. The zero-order chi connectivity index (χ0) is 22.2.